The first-order valence-corrected chi connectivity index (χ1v) is 8.09. The molecule has 1 heterocycles. The van der Waals surface area contributed by atoms with Crippen molar-refractivity contribution in [2.75, 3.05) is 6.54 Å². The van der Waals surface area contributed by atoms with E-state index in [2.05, 4.69) is 33.0 Å². The monoisotopic (exact) mass is 266 g/mol. The summed E-state index contributed by atoms with van der Waals surface area (Å²) >= 11 is 1.88. The Kier molecular flexibility index (Phi) is 4.44. The summed E-state index contributed by atoms with van der Waals surface area (Å²) < 4.78 is 0. The van der Waals surface area contributed by atoms with E-state index in [1.807, 2.05) is 11.3 Å². The molecule has 0 radical (unpaired) electrons. The van der Waals surface area contributed by atoms with Gasteiger partial charge < -0.3 is 5.32 Å². The van der Waals surface area contributed by atoms with Crippen LogP contribution < -0.4 is 5.32 Å². The Labute approximate surface area is 115 Å². The van der Waals surface area contributed by atoms with Gasteiger partial charge in [0, 0.05) is 4.88 Å². The molecular formula is C15H26N2S. The van der Waals surface area contributed by atoms with Crippen molar-refractivity contribution in [3.63, 3.8) is 0 Å². The van der Waals surface area contributed by atoms with Crippen LogP contribution in [0.1, 0.15) is 61.5 Å². The van der Waals surface area contributed by atoms with Gasteiger partial charge in [-0.15, -0.1) is 11.3 Å². The van der Waals surface area contributed by atoms with E-state index < -0.39 is 0 Å². The molecule has 2 rings (SSSR count). The van der Waals surface area contributed by atoms with Crippen molar-refractivity contribution in [2.45, 2.75) is 65.3 Å². The minimum Gasteiger partial charge on any atom is -0.305 e. The Bertz CT molecular complexity index is 374. The van der Waals surface area contributed by atoms with Crippen molar-refractivity contribution in [2.24, 2.45) is 5.92 Å². The highest BCUT2D eigenvalue weighted by atomic mass is 32.1. The number of nitrogens with one attached hydrogen (secondary N) is 1. The number of aryl methyl sites for hydroxylation is 2. The molecule has 18 heavy (non-hydrogen) atoms. The summed E-state index contributed by atoms with van der Waals surface area (Å²) in [6, 6.07) is 0. The first kappa shape index (κ1) is 14.0. The topological polar surface area (TPSA) is 24.9 Å². The van der Waals surface area contributed by atoms with Gasteiger partial charge in [-0.3, -0.25) is 0 Å². The van der Waals surface area contributed by atoms with E-state index in [9.17, 15) is 0 Å². The lowest BCUT2D eigenvalue weighted by Crippen LogP contribution is -2.45. The highest BCUT2D eigenvalue weighted by Gasteiger charge is 2.39. The summed E-state index contributed by atoms with van der Waals surface area (Å²) in [6.45, 7) is 10.0. The van der Waals surface area contributed by atoms with Gasteiger partial charge in [0.15, 0.2) is 0 Å². The van der Waals surface area contributed by atoms with Crippen LogP contribution in [0.25, 0.3) is 0 Å². The van der Waals surface area contributed by atoms with Crippen LogP contribution in [0.2, 0.25) is 0 Å². The molecule has 1 aromatic heterocycles. The Morgan fingerprint density at radius 1 is 1.33 bits per heavy atom. The lowest BCUT2D eigenvalue weighted by Gasteiger charge is -2.35. The molecule has 1 aliphatic carbocycles. The fourth-order valence-electron chi connectivity index (χ4n) is 2.98. The number of hydrogen-bond acceptors (Lipinski definition) is 3. The van der Waals surface area contributed by atoms with Crippen molar-refractivity contribution in [1.29, 1.82) is 0 Å². The largest absolute Gasteiger partial charge is 0.305 e. The van der Waals surface area contributed by atoms with Crippen LogP contribution in [0.3, 0.4) is 0 Å². The molecule has 0 aromatic carbocycles. The Morgan fingerprint density at radius 2 is 2.00 bits per heavy atom. The van der Waals surface area contributed by atoms with Crippen LogP contribution in [0.15, 0.2) is 0 Å². The zero-order chi connectivity index (χ0) is 13.2. The molecule has 1 aliphatic rings. The van der Waals surface area contributed by atoms with Crippen LogP contribution in [0, 0.1) is 19.8 Å². The molecule has 1 N–H and O–H groups in total. The van der Waals surface area contributed by atoms with Gasteiger partial charge in [-0.25, -0.2) is 4.98 Å². The molecule has 1 fully saturated rings. The lowest BCUT2D eigenvalue weighted by molar-refractivity contribution is 0.234. The standard InChI is InChI=1S/C15H26N2S/c1-5-10-16-15(4,13-8-6-7-9-13)14-17-11(2)12(3)18-14/h13,16H,5-10H2,1-4H3. The van der Waals surface area contributed by atoms with Gasteiger partial charge in [0.25, 0.3) is 0 Å². The molecule has 0 amide bonds. The van der Waals surface area contributed by atoms with E-state index >= 15 is 0 Å². The first-order chi connectivity index (χ1) is 8.58. The van der Waals surface area contributed by atoms with Gasteiger partial charge in [0.05, 0.1) is 11.2 Å². The van der Waals surface area contributed by atoms with E-state index in [4.69, 9.17) is 4.98 Å². The van der Waals surface area contributed by atoms with Crippen molar-refractivity contribution in [3.8, 4) is 0 Å². The summed E-state index contributed by atoms with van der Waals surface area (Å²) in [4.78, 5) is 6.20. The second-order valence-electron chi connectivity index (χ2n) is 5.77. The fourth-order valence-corrected chi connectivity index (χ4v) is 4.09. The third-order valence-electron chi connectivity index (χ3n) is 4.39. The van der Waals surface area contributed by atoms with Gasteiger partial charge in [-0.1, -0.05) is 19.8 Å². The molecule has 1 atom stereocenters. The summed E-state index contributed by atoms with van der Waals surface area (Å²) in [5.41, 5.74) is 1.30. The lowest BCUT2D eigenvalue weighted by atomic mass is 9.84. The average molecular weight is 266 g/mol. The zero-order valence-corrected chi connectivity index (χ0v) is 13.0. The fraction of sp³-hybridized carbons (Fsp3) is 0.800. The van der Waals surface area contributed by atoms with Gasteiger partial charge >= 0.3 is 0 Å². The summed E-state index contributed by atoms with van der Waals surface area (Å²) in [5.74, 6) is 0.758. The molecule has 3 heteroatoms. The van der Waals surface area contributed by atoms with Crippen LogP contribution in [0.4, 0.5) is 0 Å². The summed E-state index contributed by atoms with van der Waals surface area (Å²) in [5, 5.41) is 5.10. The third-order valence-corrected chi connectivity index (χ3v) is 5.70. The smallest absolute Gasteiger partial charge is 0.113 e. The maximum absolute atomic E-state index is 4.84. The maximum atomic E-state index is 4.84. The van der Waals surface area contributed by atoms with Crippen molar-refractivity contribution < 1.29 is 0 Å². The molecule has 2 nitrogen and oxygen atoms in total. The third kappa shape index (κ3) is 2.62. The number of thiazole rings is 1. The average Bonchev–Trinajstić information content (AvgIpc) is 2.98. The molecule has 102 valence electrons. The summed E-state index contributed by atoms with van der Waals surface area (Å²) in [6.07, 6.45) is 6.66. The van der Waals surface area contributed by atoms with Gasteiger partial charge in [0.2, 0.25) is 0 Å². The minimum absolute atomic E-state index is 0.0934. The van der Waals surface area contributed by atoms with E-state index in [-0.39, 0.29) is 5.54 Å². The number of rotatable bonds is 5. The van der Waals surface area contributed by atoms with Crippen LogP contribution in [-0.2, 0) is 5.54 Å². The molecule has 1 aromatic rings. The molecule has 1 unspecified atom stereocenters. The molecule has 0 spiro atoms. The van der Waals surface area contributed by atoms with Gasteiger partial charge in [-0.2, -0.15) is 0 Å². The van der Waals surface area contributed by atoms with Crippen molar-refractivity contribution in [1.82, 2.24) is 10.3 Å². The van der Waals surface area contributed by atoms with Gasteiger partial charge in [-0.05, 0) is 52.5 Å². The van der Waals surface area contributed by atoms with E-state index in [1.54, 1.807) is 0 Å². The molecule has 0 bridgehead atoms. The predicted octanol–water partition coefficient (Wildman–Crippen LogP) is 4.16. The number of aromatic nitrogens is 1. The van der Waals surface area contributed by atoms with E-state index in [0.29, 0.717) is 0 Å². The maximum Gasteiger partial charge on any atom is 0.113 e. The molecular weight excluding hydrogens is 240 g/mol. The van der Waals surface area contributed by atoms with E-state index in [1.165, 1.54) is 47.7 Å². The van der Waals surface area contributed by atoms with Crippen LogP contribution in [0.5, 0.6) is 0 Å². The van der Waals surface area contributed by atoms with Gasteiger partial charge in [0.1, 0.15) is 5.01 Å². The SMILES string of the molecule is CCCNC(C)(c1nc(C)c(C)s1)C1CCCC1. The van der Waals surface area contributed by atoms with Crippen LogP contribution >= 0.6 is 11.3 Å². The van der Waals surface area contributed by atoms with E-state index in [0.717, 1.165) is 12.5 Å². The molecule has 1 saturated carbocycles. The Hall–Kier alpha value is -0.410. The Balaban J connectivity index is 2.27. The minimum atomic E-state index is 0.0934. The number of hydrogen-bond donors (Lipinski definition) is 1. The predicted molar refractivity (Wildman–Crippen MR) is 79.2 cm³/mol. The molecule has 0 saturated heterocycles. The van der Waals surface area contributed by atoms with Crippen LogP contribution in [-0.4, -0.2) is 11.5 Å². The number of nitrogens with zero attached hydrogens (tertiary/aromatic N) is 1. The second kappa shape index (κ2) is 5.70. The van der Waals surface area contributed by atoms with Crippen molar-refractivity contribution >= 4 is 11.3 Å². The van der Waals surface area contributed by atoms with Crippen molar-refractivity contribution in [3.05, 3.63) is 15.6 Å². The Morgan fingerprint density at radius 3 is 2.50 bits per heavy atom. The normalized spacial score (nSPS) is 20.2. The zero-order valence-electron chi connectivity index (χ0n) is 12.2. The highest BCUT2D eigenvalue weighted by Crippen LogP contribution is 2.42. The summed E-state index contributed by atoms with van der Waals surface area (Å²) in [7, 11) is 0. The highest BCUT2D eigenvalue weighted by molar-refractivity contribution is 7.11. The molecule has 0 aliphatic heterocycles. The second-order valence-corrected chi connectivity index (χ2v) is 6.97. The first-order valence-electron chi connectivity index (χ1n) is 7.27. The quantitative estimate of drug-likeness (QED) is 0.865.